The Kier molecular flexibility index (Phi) is 2.50. The Morgan fingerprint density at radius 3 is 2.65 bits per heavy atom. The second kappa shape index (κ2) is 4.02. The molecule has 2 heterocycles. The fourth-order valence-electron chi connectivity index (χ4n) is 3.03. The van der Waals surface area contributed by atoms with Crippen LogP contribution in [0.1, 0.15) is 38.2 Å². The van der Waals surface area contributed by atoms with E-state index in [-0.39, 0.29) is 0 Å². The molecule has 2 heteroatoms. The van der Waals surface area contributed by atoms with Gasteiger partial charge in [-0.2, -0.15) is 0 Å². The third-order valence-corrected chi connectivity index (χ3v) is 3.97. The molecule has 1 atom stereocenters. The number of hydrogen-bond acceptors (Lipinski definition) is 1. The van der Waals surface area contributed by atoms with Gasteiger partial charge < -0.3 is 4.90 Å². The van der Waals surface area contributed by atoms with Crippen LogP contribution in [-0.2, 0) is 4.79 Å². The number of carbonyl (C=O) groups excluding carboxylic acids is 1. The number of allylic oxidation sites excluding steroid dienone is 2. The van der Waals surface area contributed by atoms with Crippen molar-refractivity contribution < 1.29 is 4.79 Å². The van der Waals surface area contributed by atoms with Crippen molar-refractivity contribution in [2.24, 2.45) is 0 Å². The highest BCUT2D eigenvalue weighted by molar-refractivity contribution is 5.84. The molecule has 0 saturated carbocycles. The molecule has 0 N–H and O–H groups in total. The maximum Gasteiger partial charge on any atom is 0.227 e. The van der Waals surface area contributed by atoms with E-state index in [2.05, 4.69) is 36.1 Å². The third kappa shape index (κ3) is 1.68. The van der Waals surface area contributed by atoms with Crippen molar-refractivity contribution in [2.75, 3.05) is 0 Å². The molecule has 1 unspecified atom stereocenters. The minimum absolute atomic E-state index is 0.317. The number of amides is 1. The average Bonchev–Trinajstić information content (AvgIpc) is 2.93. The fourth-order valence-corrected chi connectivity index (χ4v) is 3.03. The van der Waals surface area contributed by atoms with Crippen LogP contribution < -0.4 is 0 Å². The Hall–Kier alpha value is -1.57. The SMILES string of the molecule is C/C(=C1\CCC2CCC(=O)N12)c1ccccc1. The first-order valence-electron chi connectivity index (χ1n) is 6.34. The summed E-state index contributed by atoms with van der Waals surface area (Å²) < 4.78 is 0. The highest BCUT2D eigenvalue weighted by Gasteiger charge is 2.38. The smallest absolute Gasteiger partial charge is 0.227 e. The predicted molar refractivity (Wildman–Crippen MR) is 68.1 cm³/mol. The van der Waals surface area contributed by atoms with Crippen LogP contribution in [-0.4, -0.2) is 16.8 Å². The topological polar surface area (TPSA) is 20.3 Å². The lowest BCUT2D eigenvalue weighted by molar-refractivity contribution is -0.126. The van der Waals surface area contributed by atoms with Crippen LogP contribution in [0.15, 0.2) is 36.0 Å². The summed E-state index contributed by atoms with van der Waals surface area (Å²) in [5, 5.41) is 0. The van der Waals surface area contributed by atoms with E-state index in [0.29, 0.717) is 11.9 Å². The fraction of sp³-hybridized carbons (Fsp3) is 0.400. The maximum atomic E-state index is 11.9. The van der Waals surface area contributed by atoms with Gasteiger partial charge in [-0.25, -0.2) is 0 Å². The van der Waals surface area contributed by atoms with Gasteiger partial charge in [0.25, 0.3) is 0 Å². The molecule has 2 aliphatic rings. The Labute approximate surface area is 102 Å². The van der Waals surface area contributed by atoms with Crippen molar-refractivity contribution in [3.63, 3.8) is 0 Å². The number of carbonyl (C=O) groups is 1. The summed E-state index contributed by atoms with van der Waals surface area (Å²) in [6, 6.07) is 10.9. The van der Waals surface area contributed by atoms with Gasteiger partial charge in [0, 0.05) is 18.2 Å². The predicted octanol–water partition coefficient (Wildman–Crippen LogP) is 3.20. The molecule has 88 valence electrons. The van der Waals surface area contributed by atoms with Gasteiger partial charge >= 0.3 is 0 Å². The van der Waals surface area contributed by atoms with Crippen molar-refractivity contribution in [1.82, 2.24) is 4.90 Å². The summed E-state index contributed by atoms with van der Waals surface area (Å²) in [7, 11) is 0. The van der Waals surface area contributed by atoms with Crippen LogP contribution in [0.25, 0.3) is 5.57 Å². The number of rotatable bonds is 1. The zero-order chi connectivity index (χ0) is 11.8. The van der Waals surface area contributed by atoms with Crippen molar-refractivity contribution in [2.45, 2.75) is 38.6 Å². The zero-order valence-corrected chi connectivity index (χ0v) is 10.1. The van der Waals surface area contributed by atoms with Crippen molar-refractivity contribution in [3.8, 4) is 0 Å². The molecule has 1 aromatic rings. The van der Waals surface area contributed by atoms with Gasteiger partial charge in [-0.3, -0.25) is 4.79 Å². The number of benzene rings is 1. The van der Waals surface area contributed by atoms with E-state index in [1.54, 1.807) is 0 Å². The molecule has 0 spiro atoms. The highest BCUT2D eigenvalue weighted by atomic mass is 16.2. The quantitative estimate of drug-likeness (QED) is 0.721. The minimum atomic E-state index is 0.317. The minimum Gasteiger partial charge on any atom is -0.313 e. The Morgan fingerprint density at radius 1 is 1.18 bits per heavy atom. The molecule has 0 aliphatic carbocycles. The highest BCUT2D eigenvalue weighted by Crippen LogP contribution is 2.39. The normalized spacial score (nSPS) is 26.3. The molecule has 1 aromatic carbocycles. The molecular weight excluding hydrogens is 210 g/mol. The monoisotopic (exact) mass is 227 g/mol. The van der Waals surface area contributed by atoms with E-state index in [4.69, 9.17) is 0 Å². The molecule has 0 aromatic heterocycles. The van der Waals surface area contributed by atoms with Gasteiger partial charge in [0.05, 0.1) is 0 Å². The molecule has 3 rings (SSSR count). The largest absolute Gasteiger partial charge is 0.313 e. The number of hydrogen-bond donors (Lipinski definition) is 0. The maximum absolute atomic E-state index is 11.9. The molecule has 2 saturated heterocycles. The molecular formula is C15H17NO. The van der Waals surface area contributed by atoms with E-state index in [9.17, 15) is 4.79 Å². The third-order valence-electron chi connectivity index (χ3n) is 3.97. The Bertz CT molecular complexity index is 475. The Morgan fingerprint density at radius 2 is 1.88 bits per heavy atom. The lowest BCUT2D eigenvalue weighted by Gasteiger charge is -2.19. The summed E-state index contributed by atoms with van der Waals surface area (Å²) in [6.45, 7) is 2.14. The number of nitrogens with zero attached hydrogens (tertiary/aromatic N) is 1. The van der Waals surface area contributed by atoms with Crippen LogP contribution in [0.5, 0.6) is 0 Å². The van der Waals surface area contributed by atoms with Crippen molar-refractivity contribution in [1.29, 1.82) is 0 Å². The Balaban J connectivity index is 2.01. The van der Waals surface area contributed by atoms with Gasteiger partial charge in [0.2, 0.25) is 5.91 Å². The molecule has 2 fully saturated rings. The van der Waals surface area contributed by atoms with E-state index in [0.717, 1.165) is 25.7 Å². The van der Waals surface area contributed by atoms with Gasteiger partial charge in [-0.1, -0.05) is 30.3 Å². The molecule has 0 bridgehead atoms. The van der Waals surface area contributed by atoms with Gasteiger partial charge in [-0.15, -0.1) is 0 Å². The summed E-state index contributed by atoms with van der Waals surface area (Å²) >= 11 is 0. The standard InChI is InChI=1S/C15H17NO/c1-11(12-5-3-2-4-6-12)14-9-7-13-8-10-15(17)16(13)14/h2-6,13H,7-10H2,1H3/b14-11-. The average molecular weight is 227 g/mol. The molecule has 2 nitrogen and oxygen atoms in total. The van der Waals surface area contributed by atoms with Gasteiger partial charge in [0.15, 0.2) is 0 Å². The van der Waals surface area contributed by atoms with Crippen molar-refractivity contribution in [3.05, 3.63) is 41.6 Å². The first-order chi connectivity index (χ1) is 8.27. The molecule has 2 aliphatic heterocycles. The molecule has 17 heavy (non-hydrogen) atoms. The number of fused-ring (bicyclic) bond motifs is 1. The lowest BCUT2D eigenvalue weighted by atomic mass is 10.0. The first-order valence-corrected chi connectivity index (χ1v) is 6.34. The summed E-state index contributed by atoms with van der Waals surface area (Å²) in [5.74, 6) is 0.317. The summed E-state index contributed by atoms with van der Waals surface area (Å²) in [4.78, 5) is 14.0. The zero-order valence-electron chi connectivity index (χ0n) is 10.1. The van der Waals surface area contributed by atoms with Crippen LogP contribution in [0.2, 0.25) is 0 Å². The second-order valence-corrected chi connectivity index (χ2v) is 4.93. The summed E-state index contributed by atoms with van der Waals surface area (Å²) in [5.41, 5.74) is 3.76. The van der Waals surface area contributed by atoms with Crippen LogP contribution in [0, 0.1) is 0 Å². The van der Waals surface area contributed by atoms with Crippen LogP contribution >= 0.6 is 0 Å². The lowest BCUT2D eigenvalue weighted by Crippen LogP contribution is -2.26. The first kappa shape index (κ1) is 10.6. The van der Waals surface area contributed by atoms with E-state index >= 15 is 0 Å². The van der Waals surface area contributed by atoms with E-state index in [1.807, 2.05) is 6.07 Å². The van der Waals surface area contributed by atoms with Crippen LogP contribution in [0.3, 0.4) is 0 Å². The summed E-state index contributed by atoms with van der Waals surface area (Å²) in [6.07, 6.45) is 3.98. The van der Waals surface area contributed by atoms with Crippen molar-refractivity contribution >= 4 is 11.5 Å². The molecule has 1 amide bonds. The second-order valence-electron chi connectivity index (χ2n) is 4.93. The molecule has 0 radical (unpaired) electrons. The van der Waals surface area contributed by atoms with Crippen LogP contribution in [0.4, 0.5) is 0 Å². The van der Waals surface area contributed by atoms with Gasteiger partial charge in [-0.05, 0) is 37.3 Å². The van der Waals surface area contributed by atoms with Gasteiger partial charge in [0.1, 0.15) is 0 Å². The van der Waals surface area contributed by atoms with E-state index < -0.39 is 0 Å². The van der Waals surface area contributed by atoms with E-state index in [1.165, 1.54) is 16.8 Å².